The number of carbonyl (C=O) groups excluding carboxylic acids is 1. The number of carbonyl (C=O) groups is 1. The van der Waals surface area contributed by atoms with Gasteiger partial charge in [0.25, 0.3) is 5.91 Å². The topological polar surface area (TPSA) is 126 Å². The number of ether oxygens (including phenoxy) is 1. The van der Waals surface area contributed by atoms with Crippen molar-refractivity contribution >= 4 is 27.1 Å². The van der Waals surface area contributed by atoms with Crippen LogP contribution < -0.4 is 14.8 Å². The maximum absolute atomic E-state index is 12.2. The molecule has 2 aromatic heterocycles. The van der Waals surface area contributed by atoms with Gasteiger partial charge in [-0.15, -0.1) is 0 Å². The molecular formula is C19H21N5O4S. The van der Waals surface area contributed by atoms with Gasteiger partial charge in [-0.3, -0.25) is 4.79 Å². The van der Waals surface area contributed by atoms with E-state index in [4.69, 9.17) is 4.74 Å². The van der Waals surface area contributed by atoms with Gasteiger partial charge in [0.15, 0.2) is 5.65 Å². The number of sulfonamides is 1. The van der Waals surface area contributed by atoms with E-state index in [9.17, 15) is 13.2 Å². The quantitative estimate of drug-likeness (QED) is 0.566. The number of nitrogens with zero attached hydrogens (tertiary/aromatic N) is 2. The van der Waals surface area contributed by atoms with Gasteiger partial charge in [0.1, 0.15) is 11.3 Å². The van der Waals surface area contributed by atoms with E-state index in [1.807, 2.05) is 25.1 Å². The average Bonchev–Trinajstić information content (AvgIpc) is 3.25. The molecule has 4 rings (SSSR count). The summed E-state index contributed by atoms with van der Waals surface area (Å²) in [5, 5.41) is 2.74. The third kappa shape index (κ3) is 4.08. The molecule has 1 amide bonds. The van der Waals surface area contributed by atoms with Crippen molar-refractivity contribution in [3.8, 4) is 11.6 Å². The van der Waals surface area contributed by atoms with E-state index in [-0.39, 0.29) is 17.8 Å². The zero-order chi connectivity index (χ0) is 20.6. The van der Waals surface area contributed by atoms with E-state index in [0.717, 1.165) is 23.8 Å². The molecule has 3 aromatic rings. The Balaban J connectivity index is 1.61. The fraction of sp³-hybridized carbons (Fsp3) is 0.316. The Hall–Kier alpha value is -2.98. The van der Waals surface area contributed by atoms with Crippen molar-refractivity contribution in [3.05, 3.63) is 47.3 Å². The molecule has 0 fully saturated rings. The van der Waals surface area contributed by atoms with Crippen molar-refractivity contribution in [3.63, 3.8) is 0 Å². The highest BCUT2D eigenvalue weighted by Crippen LogP contribution is 2.35. The Bertz CT molecular complexity index is 1190. The number of amides is 1. The molecule has 1 aromatic carbocycles. The summed E-state index contributed by atoms with van der Waals surface area (Å²) >= 11 is 0. The van der Waals surface area contributed by atoms with E-state index in [1.165, 1.54) is 6.20 Å². The first-order valence-electron chi connectivity index (χ1n) is 9.24. The van der Waals surface area contributed by atoms with Crippen LogP contribution in [0.25, 0.3) is 11.2 Å². The Morgan fingerprint density at radius 1 is 1.38 bits per heavy atom. The predicted molar refractivity (Wildman–Crippen MR) is 107 cm³/mol. The summed E-state index contributed by atoms with van der Waals surface area (Å²) in [4.78, 5) is 23.8. The van der Waals surface area contributed by atoms with Gasteiger partial charge >= 0.3 is 0 Å². The smallest absolute Gasteiger partial charge is 0.255 e. The first-order chi connectivity index (χ1) is 13.8. The Kier molecular flexibility index (Phi) is 4.97. The molecule has 3 N–H and O–H groups in total. The lowest BCUT2D eigenvalue weighted by Gasteiger charge is -2.13. The molecule has 2 heterocycles. The van der Waals surface area contributed by atoms with E-state index in [1.54, 1.807) is 6.20 Å². The van der Waals surface area contributed by atoms with E-state index >= 15 is 0 Å². The lowest BCUT2D eigenvalue weighted by atomic mass is 10.1. The van der Waals surface area contributed by atoms with Crippen LogP contribution in [-0.4, -0.2) is 42.1 Å². The molecule has 0 radical (unpaired) electrons. The first-order valence-corrected chi connectivity index (χ1v) is 11.1. The van der Waals surface area contributed by atoms with Crippen molar-refractivity contribution in [2.45, 2.75) is 25.8 Å². The molecule has 0 bridgehead atoms. The number of benzene rings is 1. The van der Waals surface area contributed by atoms with Gasteiger partial charge in [0, 0.05) is 18.8 Å². The molecule has 152 valence electrons. The molecule has 29 heavy (non-hydrogen) atoms. The Morgan fingerprint density at radius 3 is 2.97 bits per heavy atom. The number of nitrogens with one attached hydrogen (secondary N) is 3. The number of H-pyrrole nitrogens is 1. The summed E-state index contributed by atoms with van der Waals surface area (Å²) in [5.41, 5.74) is 3.29. The molecule has 0 saturated heterocycles. The molecule has 10 heteroatoms. The lowest BCUT2D eigenvalue weighted by molar-refractivity contribution is 0.0957. The van der Waals surface area contributed by atoms with Crippen LogP contribution in [0.2, 0.25) is 0 Å². The third-order valence-electron chi connectivity index (χ3n) is 4.71. The van der Waals surface area contributed by atoms with Crippen LogP contribution in [0.3, 0.4) is 0 Å². The number of fused-ring (bicyclic) bond motifs is 2. The molecule has 1 aliphatic rings. The SMILES string of the molecule is CCNC(=O)c1c[nH]c2ncc(Oc3ccc4c(c3)[C@H](NS(C)(=O)=O)CC4)nc12. The number of hydrogen-bond donors (Lipinski definition) is 3. The second kappa shape index (κ2) is 7.45. The summed E-state index contributed by atoms with van der Waals surface area (Å²) in [6, 6.07) is 5.29. The third-order valence-corrected chi connectivity index (χ3v) is 5.43. The van der Waals surface area contributed by atoms with Gasteiger partial charge in [-0.2, -0.15) is 0 Å². The lowest BCUT2D eigenvalue weighted by Crippen LogP contribution is -2.25. The van der Waals surface area contributed by atoms with Crippen LogP contribution >= 0.6 is 0 Å². The van der Waals surface area contributed by atoms with Crippen LogP contribution in [0.4, 0.5) is 0 Å². The highest BCUT2D eigenvalue weighted by atomic mass is 32.2. The monoisotopic (exact) mass is 415 g/mol. The molecule has 0 spiro atoms. The Morgan fingerprint density at radius 2 is 2.21 bits per heavy atom. The maximum Gasteiger partial charge on any atom is 0.255 e. The summed E-state index contributed by atoms with van der Waals surface area (Å²) in [6.45, 7) is 2.35. The molecular weight excluding hydrogens is 394 g/mol. The average molecular weight is 415 g/mol. The number of aromatic nitrogens is 3. The van der Waals surface area contributed by atoms with Gasteiger partial charge in [-0.25, -0.2) is 23.1 Å². The number of aromatic amines is 1. The minimum Gasteiger partial charge on any atom is -0.437 e. The second-order valence-corrected chi connectivity index (χ2v) is 8.69. The zero-order valence-electron chi connectivity index (χ0n) is 16.0. The van der Waals surface area contributed by atoms with Gasteiger partial charge in [-0.1, -0.05) is 6.07 Å². The second-order valence-electron chi connectivity index (χ2n) is 6.91. The predicted octanol–water partition coefficient (Wildman–Crippen LogP) is 2.04. The number of aryl methyl sites for hydroxylation is 1. The number of rotatable bonds is 6. The van der Waals surface area contributed by atoms with E-state index in [2.05, 4.69) is 25.0 Å². The molecule has 0 aliphatic heterocycles. The standard InChI is InChI=1S/C19H21N5O4S/c1-3-20-19(25)14-9-21-18-17(14)23-16(10-22-18)28-12-6-4-11-5-7-15(13(11)8-12)24-29(2,26)27/h4,6,8-10,15,24H,3,5,7H2,1-2H3,(H,20,25)(H,21,22)/t15-/m1/s1. The van der Waals surface area contributed by atoms with Crippen LogP contribution in [0.5, 0.6) is 11.6 Å². The van der Waals surface area contributed by atoms with Crippen LogP contribution in [0.1, 0.15) is 40.9 Å². The van der Waals surface area contributed by atoms with Gasteiger partial charge in [0.2, 0.25) is 15.9 Å². The largest absolute Gasteiger partial charge is 0.437 e. The zero-order valence-corrected chi connectivity index (χ0v) is 16.8. The normalized spacial score (nSPS) is 16.0. The van der Waals surface area contributed by atoms with E-state index in [0.29, 0.717) is 35.4 Å². The minimum atomic E-state index is -3.31. The van der Waals surface area contributed by atoms with Crippen molar-refractivity contribution in [2.24, 2.45) is 0 Å². The first kappa shape index (κ1) is 19.3. The summed E-state index contributed by atoms with van der Waals surface area (Å²) in [6.07, 6.45) is 5.69. The van der Waals surface area contributed by atoms with Crippen molar-refractivity contribution in [1.82, 2.24) is 25.0 Å². The van der Waals surface area contributed by atoms with E-state index < -0.39 is 10.0 Å². The highest BCUT2D eigenvalue weighted by molar-refractivity contribution is 7.88. The summed E-state index contributed by atoms with van der Waals surface area (Å²) < 4.78 is 31.7. The van der Waals surface area contributed by atoms with Crippen molar-refractivity contribution < 1.29 is 17.9 Å². The van der Waals surface area contributed by atoms with Crippen LogP contribution in [0, 0.1) is 0 Å². The molecule has 9 nitrogen and oxygen atoms in total. The van der Waals surface area contributed by atoms with Crippen LogP contribution in [-0.2, 0) is 16.4 Å². The Labute approximate surface area is 168 Å². The maximum atomic E-state index is 12.2. The molecule has 0 unspecified atom stereocenters. The van der Waals surface area contributed by atoms with Gasteiger partial charge < -0.3 is 15.0 Å². The summed E-state index contributed by atoms with van der Waals surface area (Å²) in [7, 11) is -3.31. The van der Waals surface area contributed by atoms with Crippen LogP contribution in [0.15, 0.2) is 30.6 Å². The molecule has 0 saturated carbocycles. The fourth-order valence-electron chi connectivity index (χ4n) is 3.50. The fourth-order valence-corrected chi connectivity index (χ4v) is 4.26. The minimum absolute atomic E-state index is 0.238. The summed E-state index contributed by atoms with van der Waals surface area (Å²) in [5.74, 6) is 0.528. The van der Waals surface area contributed by atoms with Crippen molar-refractivity contribution in [1.29, 1.82) is 0 Å². The molecule has 1 atom stereocenters. The van der Waals surface area contributed by atoms with Crippen molar-refractivity contribution in [2.75, 3.05) is 12.8 Å². The van der Waals surface area contributed by atoms with Gasteiger partial charge in [0.05, 0.1) is 18.0 Å². The highest BCUT2D eigenvalue weighted by Gasteiger charge is 2.25. The number of hydrogen-bond acceptors (Lipinski definition) is 6. The van der Waals surface area contributed by atoms with Gasteiger partial charge in [-0.05, 0) is 43.0 Å². The molecule has 1 aliphatic carbocycles.